The van der Waals surface area contributed by atoms with Crippen LogP contribution in [0.3, 0.4) is 0 Å². The number of aromatic hydroxyl groups is 1. The van der Waals surface area contributed by atoms with Crippen LogP contribution in [0.5, 0.6) is 11.5 Å². The Morgan fingerprint density at radius 2 is 2.25 bits per heavy atom. The van der Waals surface area contributed by atoms with Crippen LogP contribution in [0.15, 0.2) is 23.1 Å². The monoisotopic (exact) mass is 187 g/mol. The van der Waals surface area contributed by atoms with Gasteiger partial charge in [-0.15, -0.1) is 0 Å². The molecular weight excluding hydrogens is 180 g/mol. The zero-order chi connectivity index (χ0) is 9.14. The topological polar surface area (TPSA) is 69.6 Å². The summed E-state index contributed by atoms with van der Waals surface area (Å²) in [5.41, 5.74) is 0. The Morgan fingerprint density at radius 1 is 1.58 bits per heavy atom. The number of phenols is 1. The van der Waals surface area contributed by atoms with E-state index in [2.05, 4.69) is 0 Å². The molecule has 12 heavy (non-hydrogen) atoms. The third kappa shape index (κ3) is 1.75. The predicted octanol–water partition coefficient (Wildman–Crippen LogP) is 0.639. The molecule has 0 fully saturated rings. The maximum Gasteiger partial charge on any atom is 0.134 e. The molecule has 1 atom stereocenters. The molecule has 0 saturated heterocycles. The minimum Gasteiger partial charge on any atom is -0.768 e. The normalized spacial score (nSPS) is 12.5. The molecule has 0 radical (unpaired) electrons. The standard InChI is InChI=1S/C7H8O4S/c1-11-5-2-3-7(12(9)10)6(8)4-5/h2-4,8H,1H3,(H,9,10)/p-1. The Morgan fingerprint density at radius 3 is 2.67 bits per heavy atom. The first kappa shape index (κ1) is 9.02. The lowest BCUT2D eigenvalue weighted by atomic mass is 10.3. The van der Waals surface area contributed by atoms with Gasteiger partial charge in [-0.1, -0.05) is 0 Å². The van der Waals surface area contributed by atoms with Crippen molar-refractivity contribution in [2.45, 2.75) is 4.90 Å². The van der Waals surface area contributed by atoms with Gasteiger partial charge < -0.3 is 14.4 Å². The summed E-state index contributed by atoms with van der Waals surface area (Å²) in [7, 11) is 1.43. The third-order valence-electron chi connectivity index (χ3n) is 1.35. The van der Waals surface area contributed by atoms with Gasteiger partial charge in [-0.3, -0.25) is 4.21 Å². The van der Waals surface area contributed by atoms with Crippen LogP contribution in [0.2, 0.25) is 0 Å². The molecule has 66 valence electrons. The number of rotatable bonds is 2. The SMILES string of the molecule is COc1ccc(S(=O)[O-])c(O)c1. The minimum atomic E-state index is -2.41. The molecule has 1 aromatic carbocycles. The lowest BCUT2D eigenvalue weighted by molar-refractivity contribution is 0.404. The summed E-state index contributed by atoms with van der Waals surface area (Å²) in [6, 6.07) is 3.98. The molecule has 0 aliphatic heterocycles. The summed E-state index contributed by atoms with van der Waals surface area (Å²) in [4.78, 5) is -0.129. The number of ether oxygens (including phenoxy) is 1. The fourth-order valence-electron chi connectivity index (χ4n) is 0.765. The van der Waals surface area contributed by atoms with E-state index in [-0.39, 0.29) is 10.6 Å². The van der Waals surface area contributed by atoms with Crippen molar-refractivity contribution in [1.82, 2.24) is 0 Å². The molecule has 0 bridgehead atoms. The van der Waals surface area contributed by atoms with Gasteiger partial charge in [0.1, 0.15) is 11.5 Å². The van der Waals surface area contributed by atoms with E-state index in [9.17, 15) is 8.76 Å². The van der Waals surface area contributed by atoms with Crippen LogP contribution in [0.25, 0.3) is 0 Å². The molecule has 0 heterocycles. The molecule has 0 spiro atoms. The molecule has 5 heteroatoms. The Balaban J connectivity index is 3.12. The van der Waals surface area contributed by atoms with Gasteiger partial charge in [0.2, 0.25) is 0 Å². The highest BCUT2D eigenvalue weighted by Gasteiger charge is 2.02. The van der Waals surface area contributed by atoms with Gasteiger partial charge in [-0.05, 0) is 23.2 Å². The second kappa shape index (κ2) is 3.55. The molecule has 0 aliphatic rings. The summed E-state index contributed by atoms with van der Waals surface area (Å²) < 4.78 is 25.6. The van der Waals surface area contributed by atoms with Gasteiger partial charge in [0.25, 0.3) is 0 Å². The first-order valence-electron chi connectivity index (χ1n) is 3.11. The second-order valence-electron chi connectivity index (χ2n) is 2.07. The molecule has 0 saturated carbocycles. The maximum atomic E-state index is 10.4. The van der Waals surface area contributed by atoms with E-state index in [1.54, 1.807) is 0 Å². The summed E-state index contributed by atoms with van der Waals surface area (Å²) in [5, 5.41) is 9.12. The average molecular weight is 187 g/mol. The van der Waals surface area contributed by atoms with Crippen LogP contribution >= 0.6 is 0 Å². The van der Waals surface area contributed by atoms with Crippen molar-refractivity contribution < 1.29 is 18.6 Å². The summed E-state index contributed by atoms with van der Waals surface area (Å²) in [6.07, 6.45) is 0. The molecule has 1 N–H and O–H groups in total. The predicted molar refractivity (Wildman–Crippen MR) is 41.8 cm³/mol. The highest BCUT2D eigenvalue weighted by molar-refractivity contribution is 7.79. The lowest BCUT2D eigenvalue weighted by Crippen LogP contribution is -1.90. The molecule has 0 aromatic heterocycles. The van der Waals surface area contributed by atoms with Crippen molar-refractivity contribution in [3.05, 3.63) is 18.2 Å². The van der Waals surface area contributed by atoms with Crippen molar-refractivity contribution in [2.24, 2.45) is 0 Å². The molecule has 0 aliphatic carbocycles. The largest absolute Gasteiger partial charge is 0.768 e. The number of hydrogen-bond acceptors (Lipinski definition) is 4. The summed E-state index contributed by atoms with van der Waals surface area (Å²) in [5.74, 6) is 0.115. The number of phenolic OH excluding ortho intramolecular Hbond substituents is 1. The fourth-order valence-corrected chi connectivity index (χ4v) is 1.17. The van der Waals surface area contributed by atoms with Gasteiger partial charge in [-0.25, -0.2) is 0 Å². The Labute approximate surface area is 72.1 Å². The quantitative estimate of drug-likeness (QED) is 0.690. The van der Waals surface area contributed by atoms with Gasteiger partial charge in [0.05, 0.1) is 12.0 Å². The van der Waals surface area contributed by atoms with E-state index in [1.165, 1.54) is 25.3 Å². The number of hydrogen-bond donors (Lipinski definition) is 1. The van der Waals surface area contributed by atoms with Crippen LogP contribution in [-0.2, 0) is 11.1 Å². The van der Waals surface area contributed by atoms with E-state index in [1.807, 2.05) is 0 Å². The maximum absolute atomic E-state index is 10.4. The van der Waals surface area contributed by atoms with Crippen molar-refractivity contribution in [2.75, 3.05) is 7.11 Å². The van der Waals surface area contributed by atoms with Gasteiger partial charge in [0, 0.05) is 6.07 Å². The Bertz CT molecular complexity index is 310. The van der Waals surface area contributed by atoms with Crippen LogP contribution < -0.4 is 4.74 Å². The van der Waals surface area contributed by atoms with Crippen molar-refractivity contribution in [1.29, 1.82) is 0 Å². The molecule has 0 amide bonds. The van der Waals surface area contributed by atoms with E-state index < -0.39 is 11.1 Å². The summed E-state index contributed by atoms with van der Waals surface area (Å²) >= 11 is -2.41. The summed E-state index contributed by atoms with van der Waals surface area (Å²) in [6.45, 7) is 0. The van der Waals surface area contributed by atoms with Crippen LogP contribution in [0, 0.1) is 0 Å². The van der Waals surface area contributed by atoms with Gasteiger partial charge in [0.15, 0.2) is 0 Å². The average Bonchev–Trinajstić information content (AvgIpc) is 2.03. The van der Waals surface area contributed by atoms with Crippen molar-refractivity contribution in [3.63, 3.8) is 0 Å². The first-order chi connectivity index (χ1) is 5.65. The van der Waals surface area contributed by atoms with E-state index >= 15 is 0 Å². The van der Waals surface area contributed by atoms with Crippen LogP contribution in [-0.4, -0.2) is 21.0 Å². The fraction of sp³-hybridized carbons (Fsp3) is 0.143. The number of benzene rings is 1. The number of methoxy groups -OCH3 is 1. The minimum absolute atomic E-state index is 0.129. The first-order valence-corrected chi connectivity index (χ1v) is 4.19. The Hall–Kier alpha value is -1.07. The second-order valence-corrected chi connectivity index (χ2v) is 2.98. The van der Waals surface area contributed by atoms with Crippen LogP contribution in [0.1, 0.15) is 0 Å². The molecule has 1 rings (SSSR count). The molecule has 4 nitrogen and oxygen atoms in total. The molecule has 1 aromatic rings. The highest BCUT2D eigenvalue weighted by Crippen LogP contribution is 2.25. The van der Waals surface area contributed by atoms with E-state index in [4.69, 9.17) is 9.84 Å². The molecular formula is C7H7O4S-. The van der Waals surface area contributed by atoms with Crippen LogP contribution in [0.4, 0.5) is 0 Å². The molecule has 1 unspecified atom stereocenters. The highest BCUT2D eigenvalue weighted by atomic mass is 32.2. The Kier molecular flexibility index (Phi) is 2.67. The van der Waals surface area contributed by atoms with Gasteiger partial charge in [-0.2, -0.15) is 0 Å². The van der Waals surface area contributed by atoms with Crippen molar-refractivity contribution >= 4 is 11.1 Å². The lowest BCUT2D eigenvalue weighted by Gasteiger charge is -2.08. The van der Waals surface area contributed by atoms with E-state index in [0.717, 1.165) is 0 Å². The zero-order valence-corrected chi connectivity index (χ0v) is 7.13. The third-order valence-corrected chi connectivity index (χ3v) is 2.05. The zero-order valence-electron chi connectivity index (χ0n) is 6.31. The van der Waals surface area contributed by atoms with E-state index in [0.29, 0.717) is 5.75 Å². The van der Waals surface area contributed by atoms with Crippen molar-refractivity contribution in [3.8, 4) is 11.5 Å². The smallest absolute Gasteiger partial charge is 0.134 e. The van der Waals surface area contributed by atoms with Gasteiger partial charge >= 0.3 is 0 Å².